The molecule has 0 saturated heterocycles. The number of hydrogen-bond acceptors (Lipinski definition) is 7. The molecule has 11 heteroatoms. The molecule has 2 unspecified atom stereocenters. The summed E-state index contributed by atoms with van der Waals surface area (Å²) >= 11 is 0. The van der Waals surface area contributed by atoms with Crippen molar-refractivity contribution in [1.29, 1.82) is 0 Å². The van der Waals surface area contributed by atoms with Crippen LogP contribution < -0.4 is 16.4 Å². The maximum absolute atomic E-state index is 13.8. The third kappa shape index (κ3) is 9.20. The number of primary amides is 1. The number of aryl methyl sites for hydroxylation is 2. The van der Waals surface area contributed by atoms with Crippen LogP contribution in [0.5, 0.6) is 0 Å². The first-order valence-corrected chi connectivity index (χ1v) is 11.7. The SMILES string of the molecule is CCN(C(=O)C(CCC(N)=O)NC(=O)OC(C)(C)C)C(C(=O)NCC(=O)OC)c1c(C)cccc1C. The Hall–Kier alpha value is -3.63. The van der Waals surface area contributed by atoms with Crippen molar-refractivity contribution in [2.45, 2.75) is 72.1 Å². The second-order valence-electron chi connectivity index (χ2n) is 9.33. The van der Waals surface area contributed by atoms with Gasteiger partial charge in [0.1, 0.15) is 24.2 Å². The minimum atomic E-state index is -1.19. The van der Waals surface area contributed by atoms with Crippen LogP contribution in [0.25, 0.3) is 0 Å². The van der Waals surface area contributed by atoms with E-state index in [1.54, 1.807) is 27.7 Å². The summed E-state index contributed by atoms with van der Waals surface area (Å²) in [7, 11) is 1.20. The van der Waals surface area contributed by atoms with Gasteiger partial charge in [-0.05, 0) is 64.7 Å². The van der Waals surface area contributed by atoms with E-state index in [4.69, 9.17) is 10.5 Å². The minimum Gasteiger partial charge on any atom is -0.468 e. The van der Waals surface area contributed by atoms with Crippen molar-refractivity contribution in [2.75, 3.05) is 20.2 Å². The number of hydrogen-bond donors (Lipinski definition) is 3. The van der Waals surface area contributed by atoms with Crippen LogP contribution in [0.1, 0.15) is 63.3 Å². The number of rotatable bonds is 11. The van der Waals surface area contributed by atoms with Crippen LogP contribution in [-0.4, -0.2) is 66.5 Å². The molecule has 0 spiro atoms. The molecule has 0 aromatic heterocycles. The lowest BCUT2D eigenvalue weighted by atomic mass is 9.93. The number of ether oxygens (including phenoxy) is 2. The van der Waals surface area contributed by atoms with Gasteiger partial charge in [0.15, 0.2) is 0 Å². The third-order valence-electron chi connectivity index (χ3n) is 5.30. The topological polar surface area (TPSA) is 157 Å². The maximum Gasteiger partial charge on any atom is 0.408 e. The third-order valence-corrected chi connectivity index (χ3v) is 5.30. The normalized spacial score (nSPS) is 12.6. The standard InChI is InChI=1S/C25H38N4O7/c1-8-29(23(33)17(12-13-18(26)30)28-24(34)36-25(4,5)6)21(22(32)27-14-19(31)35-7)20-15(2)10-9-11-16(20)3/h9-11,17,21H,8,12-14H2,1-7H3,(H2,26,30)(H,27,32)(H,28,34). The molecular weight excluding hydrogens is 468 g/mol. The van der Waals surface area contributed by atoms with E-state index < -0.39 is 47.5 Å². The molecule has 1 aromatic carbocycles. The van der Waals surface area contributed by atoms with Crippen molar-refractivity contribution in [3.63, 3.8) is 0 Å². The molecule has 36 heavy (non-hydrogen) atoms. The molecule has 0 bridgehead atoms. The number of esters is 1. The summed E-state index contributed by atoms with van der Waals surface area (Å²) in [6.45, 7) is 10.0. The number of carbonyl (C=O) groups is 5. The van der Waals surface area contributed by atoms with Crippen LogP contribution in [0.4, 0.5) is 4.79 Å². The summed E-state index contributed by atoms with van der Waals surface area (Å²) in [5, 5.41) is 5.03. The number of carbonyl (C=O) groups excluding carboxylic acids is 5. The average molecular weight is 507 g/mol. The van der Waals surface area contributed by atoms with Gasteiger partial charge in [-0.15, -0.1) is 0 Å². The summed E-state index contributed by atoms with van der Waals surface area (Å²) < 4.78 is 9.88. The van der Waals surface area contributed by atoms with E-state index in [2.05, 4.69) is 15.4 Å². The summed E-state index contributed by atoms with van der Waals surface area (Å²) in [5.41, 5.74) is 6.57. The van der Waals surface area contributed by atoms with Crippen LogP contribution in [0, 0.1) is 13.8 Å². The monoisotopic (exact) mass is 506 g/mol. The van der Waals surface area contributed by atoms with E-state index in [1.165, 1.54) is 12.0 Å². The van der Waals surface area contributed by atoms with Gasteiger partial charge in [-0.1, -0.05) is 18.2 Å². The number of nitrogens with two attached hydrogens (primary N) is 1. The van der Waals surface area contributed by atoms with E-state index >= 15 is 0 Å². The van der Waals surface area contributed by atoms with Gasteiger partial charge >= 0.3 is 12.1 Å². The van der Waals surface area contributed by atoms with Crippen LogP contribution in [0.15, 0.2) is 18.2 Å². The number of amides is 4. The Kier molecular flexibility index (Phi) is 11.4. The van der Waals surface area contributed by atoms with Gasteiger partial charge in [-0.3, -0.25) is 19.2 Å². The van der Waals surface area contributed by atoms with Gasteiger partial charge in [-0.25, -0.2) is 4.79 Å². The number of nitrogens with zero attached hydrogens (tertiary/aromatic N) is 1. The molecule has 0 fully saturated rings. The van der Waals surface area contributed by atoms with E-state index in [9.17, 15) is 24.0 Å². The van der Waals surface area contributed by atoms with Crippen molar-refractivity contribution in [3.8, 4) is 0 Å². The van der Waals surface area contributed by atoms with Crippen molar-refractivity contribution >= 4 is 29.8 Å². The van der Waals surface area contributed by atoms with E-state index in [-0.39, 0.29) is 25.9 Å². The van der Waals surface area contributed by atoms with Gasteiger partial charge in [0, 0.05) is 13.0 Å². The predicted molar refractivity (Wildman–Crippen MR) is 133 cm³/mol. The Labute approximate surface area is 212 Å². The lowest BCUT2D eigenvalue weighted by Gasteiger charge is -2.35. The zero-order valence-corrected chi connectivity index (χ0v) is 22.1. The summed E-state index contributed by atoms with van der Waals surface area (Å²) in [5.74, 6) is -2.50. The first-order chi connectivity index (χ1) is 16.7. The Morgan fingerprint density at radius 3 is 2.14 bits per heavy atom. The fraction of sp³-hybridized carbons (Fsp3) is 0.560. The lowest BCUT2D eigenvalue weighted by molar-refractivity contribution is -0.144. The molecule has 0 saturated carbocycles. The van der Waals surface area contributed by atoms with Gasteiger partial charge in [0.2, 0.25) is 17.7 Å². The van der Waals surface area contributed by atoms with Crippen LogP contribution in [-0.2, 0) is 28.7 Å². The molecule has 0 aliphatic rings. The molecule has 0 aliphatic carbocycles. The molecule has 4 N–H and O–H groups in total. The van der Waals surface area contributed by atoms with Crippen LogP contribution >= 0.6 is 0 Å². The van der Waals surface area contributed by atoms with Gasteiger partial charge in [0.05, 0.1) is 7.11 Å². The molecule has 1 aromatic rings. The molecule has 0 heterocycles. The molecule has 4 amide bonds. The second-order valence-corrected chi connectivity index (χ2v) is 9.33. The zero-order valence-electron chi connectivity index (χ0n) is 22.1. The van der Waals surface area contributed by atoms with Crippen molar-refractivity contribution in [1.82, 2.24) is 15.5 Å². The van der Waals surface area contributed by atoms with Gasteiger partial charge in [-0.2, -0.15) is 0 Å². The first kappa shape index (κ1) is 30.4. The molecule has 11 nitrogen and oxygen atoms in total. The van der Waals surface area contributed by atoms with Crippen LogP contribution in [0.2, 0.25) is 0 Å². The minimum absolute atomic E-state index is 0.0893. The molecule has 0 aliphatic heterocycles. The largest absolute Gasteiger partial charge is 0.468 e. The fourth-order valence-electron chi connectivity index (χ4n) is 3.67. The highest BCUT2D eigenvalue weighted by atomic mass is 16.6. The average Bonchev–Trinajstić information content (AvgIpc) is 2.77. The van der Waals surface area contributed by atoms with Gasteiger partial charge in [0.25, 0.3) is 0 Å². The summed E-state index contributed by atoms with van der Waals surface area (Å²) in [6.07, 6.45) is -1.11. The Balaban J connectivity index is 3.46. The zero-order chi connectivity index (χ0) is 27.6. The maximum atomic E-state index is 13.8. The van der Waals surface area contributed by atoms with E-state index in [1.807, 2.05) is 32.0 Å². The second kappa shape index (κ2) is 13.5. The molecule has 1 rings (SSSR count). The molecule has 0 radical (unpaired) electrons. The van der Waals surface area contributed by atoms with E-state index in [0.717, 1.165) is 11.1 Å². The lowest BCUT2D eigenvalue weighted by Crippen LogP contribution is -2.53. The predicted octanol–water partition coefficient (Wildman–Crippen LogP) is 1.64. The van der Waals surface area contributed by atoms with Crippen molar-refractivity contribution in [2.24, 2.45) is 5.73 Å². The Bertz CT molecular complexity index is 951. The van der Waals surface area contributed by atoms with Gasteiger partial charge < -0.3 is 30.7 Å². The highest BCUT2D eigenvalue weighted by Gasteiger charge is 2.37. The first-order valence-electron chi connectivity index (χ1n) is 11.7. The molecule has 200 valence electrons. The fourth-order valence-corrected chi connectivity index (χ4v) is 3.67. The van der Waals surface area contributed by atoms with Crippen LogP contribution in [0.3, 0.4) is 0 Å². The van der Waals surface area contributed by atoms with Crippen molar-refractivity contribution < 1.29 is 33.4 Å². The Morgan fingerprint density at radius 2 is 1.67 bits per heavy atom. The number of benzene rings is 1. The highest BCUT2D eigenvalue weighted by Crippen LogP contribution is 2.28. The summed E-state index contributed by atoms with van der Waals surface area (Å²) in [6, 6.07) is 3.14. The number of nitrogens with one attached hydrogen (secondary N) is 2. The number of likely N-dealkylation sites (N-methyl/N-ethyl adjacent to an activating group) is 1. The summed E-state index contributed by atoms with van der Waals surface area (Å²) in [4.78, 5) is 64.0. The smallest absolute Gasteiger partial charge is 0.408 e. The Morgan fingerprint density at radius 1 is 1.08 bits per heavy atom. The van der Waals surface area contributed by atoms with E-state index in [0.29, 0.717) is 5.56 Å². The molecular formula is C25H38N4O7. The molecule has 2 atom stereocenters. The van der Waals surface area contributed by atoms with Crippen molar-refractivity contribution in [3.05, 3.63) is 34.9 Å². The number of alkyl carbamates (subject to hydrolysis) is 1. The highest BCUT2D eigenvalue weighted by molar-refractivity contribution is 5.93. The quantitative estimate of drug-likeness (QED) is 0.385. The number of methoxy groups -OCH3 is 1.